The smallest absolute Gasteiger partial charge is 0.241 e. The van der Waals surface area contributed by atoms with Gasteiger partial charge in [-0.15, -0.1) is 12.4 Å². The molecule has 1 aliphatic heterocycles. The molecule has 2 rings (SSSR count). The molecule has 1 fully saturated rings. The number of halogens is 1. The Kier molecular flexibility index (Phi) is 8.16. The van der Waals surface area contributed by atoms with Gasteiger partial charge in [0.15, 0.2) is 11.5 Å². The molecule has 23 heavy (non-hydrogen) atoms. The number of nitrogens with two attached hydrogens (primary N) is 1. The molecule has 1 saturated heterocycles. The molecule has 1 aliphatic rings. The van der Waals surface area contributed by atoms with E-state index in [1.807, 2.05) is 24.3 Å². The zero-order valence-electron chi connectivity index (χ0n) is 13.6. The minimum Gasteiger partial charge on any atom is -0.493 e. The summed E-state index contributed by atoms with van der Waals surface area (Å²) in [6.07, 6.45) is 1.64. The molecule has 0 aliphatic carbocycles. The molecule has 0 saturated carbocycles. The van der Waals surface area contributed by atoms with Crippen LogP contribution >= 0.6 is 12.4 Å². The molecule has 1 atom stereocenters. The highest BCUT2D eigenvalue weighted by molar-refractivity contribution is 5.85. The molecule has 0 bridgehead atoms. The first-order valence-electron chi connectivity index (χ1n) is 7.48. The van der Waals surface area contributed by atoms with Crippen LogP contribution in [0.2, 0.25) is 0 Å². The highest BCUT2D eigenvalue weighted by Crippen LogP contribution is 2.28. The summed E-state index contributed by atoms with van der Waals surface area (Å²) in [6.45, 7) is 1.54. The van der Waals surface area contributed by atoms with E-state index in [-0.39, 0.29) is 31.0 Å². The van der Waals surface area contributed by atoms with Gasteiger partial charge in [0.2, 0.25) is 5.91 Å². The van der Waals surface area contributed by atoms with Crippen LogP contribution in [0.3, 0.4) is 0 Å². The molecule has 0 unspecified atom stereocenters. The maximum atomic E-state index is 12.1. The molecule has 0 spiro atoms. The summed E-state index contributed by atoms with van der Waals surface area (Å²) < 4.78 is 16.2. The zero-order chi connectivity index (χ0) is 15.9. The van der Waals surface area contributed by atoms with E-state index in [2.05, 4.69) is 0 Å². The Morgan fingerprint density at radius 1 is 1.26 bits per heavy atom. The van der Waals surface area contributed by atoms with E-state index in [4.69, 9.17) is 19.9 Å². The number of hydrogen-bond donors (Lipinski definition) is 1. The lowest BCUT2D eigenvalue weighted by atomic mass is 10.1. The van der Waals surface area contributed by atoms with Gasteiger partial charge >= 0.3 is 0 Å². The number of hydrogen-bond acceptors (Lipinski definition) is 5. The van der Waals surface area contributed by atoms with Gasteiger partial charge in [0.25, 0.3) is 0 Å². The van der Waals surface area contributed by atoms with Crippen molar-refractivity contribution in [1.82, 2.24) is 4.90 Å². The quantitative estimate of drug-likeness (QED) is 0.845. The molecular formula is C16H25ClN2O4. The molecule has 2 N–H and O–H groups in total. The molecule has 0 radical (unpaired) electrons. The van der Waals surface area contributed by atoms with Gasteiger partial charge in [-0.3, -0.25) is 4.79 Å². The number of carbonyl (C=O) groups is 1. The minimum absolute atomic E-state index is 0. The van der Waals surface area contributed by atoms with Crippen LogP contribution in [0.25, 0.3) is 0 Å². The number of para-hydroxylation sites is 2. The number of piperidine rings is 1. The van der Waals surface area contributed by atoms with Crippen molar-refractivity contribution in [2.45, 2.75) is 25.0 Å². The number of amides is 1. The Morgan fingerprint density at radius 2 is 1.87 bits per heavy atom. The number of benzene rings is 1. The van der Waals surface area contributed by atoms with Crippen molar-refractivity contribution in [2.24, 2.45) is 5.73 Å². The second-order valence-electron chi connectivity index (χ2n) is 5.36. The van der Waals surface area contributed by atoms with E-state index in [9.17, 15) is 4.79 Å². The van der Waals surface area contributed by atoms with Crippen LogP contribution in [0.1, 0.15) is 12.8 Å². The average molecular weight is 345 g/mol. The lowest BCUT2D eigenvalue weighted by Gasteiger charge is -2.33. The van der Waals surface area contributed by atoms with Crippen molar-refractivity contribution in [3.8, 4) is 11.5 Å². The number of nitrogens with zero attached hydrogens (tertiary/aromatic N) is 1. The molecule has 130 valence electrons. The lowest BCUT2D eigenvalue weighted by molar-refractivity contribution is -0.135. The summed E-state index contributed by atoms with van der Waals surface area (Å²) in [4.78, 5) is 13.9. The molecule has 7 heteroatoms. The van der Waals surface area contributed by atoms with Crippen LogP contribution < -0.4 is 15.2 Å². The molecule has 1 heterocycles. The van der Waals surface area contributed by atoms with E-state index in [1.165, 1.54) is 0 Å². The minimum atomic E-state index is -0.586. The maximum Gasteiger partial charge on any atom is 0.241 e. The van der Waals surface area contributed by atoms with E-state index < -0.39 is 6.04 Å². The van der Waals surface area contributed by atoms with Crippen molar-refractivity contribution in [3.63, 3.8) is 0 Å². The van der Waals surface area contributed by atoms with E-state index in [1.54, 1.807) is 19.1 Å². The van der Waals surface area contributed by atoms with Gasteiger partial charge < -0.3 is 24.8 Å². The summed E-state index contributed by atoms with van der Waals surface area (Å²) in [5.74, 6) is 1.41. The maximum absolute atomic E-state index is 12.1. The van der Waals surface area contributed by atoms with Gasteiger partial charge in [-0.05, 0) is 12.1 Å². The van der Waals surface area contributed by atoms with Crippen molar-refractivity contribution in [3.05, 3.63) is 24.3 Å². The van der Waals surface area contributed by atoms with Gasteiger partial charge in [-0.1, -0.05) is 12.1 Å². The first kappa shape index (κ1) is 19.5. The number of likely N-dealkylation sites (tertiary alicyclic amines) is 1. The van der Waals surface area contributed by atoms with Gasteiger partial charge in [-0.2, -0.15) is 0 Å². The summed E-state index contributed by atoms with van der Waals surface area (Å²) >= 11 is 0. The highest BCUT2D eigenvalue weighted by Gasteiger charge is 2.27. The van der Waals surface area contributed by atoms with Crippen LogP contribution in [-0.4, -0.2) is 56.9 Å². The fraction of sp³-hybridized carbons (Fsp3) is 0.562. The second kappa shape index (κ2) is 9.60. The first-order chi connectivity index (χ1) is 10.7. The third-order valence-corrected chi connectivity index (χ3v) is 3.78. The van der Waals surface area contributed by atoms with Crippen molar-refractivity contribution in [1.29, 1.82) is 0 Å². The topological polar surface area (TPSA) is 74.0 Å². The molecule has 1 aromatic rings. The van der Waals surface area contributed by atoms with Crippen molar-refractivity contribution in [2.75, 3.05) is 33.9 Å². The molecule has 1 amide bonds. The Morgan fingerprint density at radius 3 is 2.43 bits per heavy atom. The highest BCUT2D eigenvalue weighted by atomic mass is 35.5. The number of ether oxygens (including phenoxy) is 3. The summed E-state index contributed by atoms with van der Waals surface area (Å²) in [7, 11) is 3.17. The molecule has 0 aromatic heterocycles. The predicted octanol–water partition coefficient (Wildman–Crippen LogP) is 1.46. The first-order valence-corrected chi connectivity index (χ1v) is 7.48. The summed E-state index contributed by atoms with van der Waals surface area (Å²) in [6, 6.07) is 7.00. The Bertz CT molecular complexity index is 493. The summed E-state index contributed by atoms with van der Waals surface area (Å²) in [5, 5.41) is 0. The Balaban J connectivity index is 0.00000264. The van der Waals surface area contributed by atoms with Crippen LogP contribution in [0.4, 0.5) is 0 Å². The van der Waals surface area contributed by atoms with Gasteiger partial charge in [0, 0.05) is 33.0 Å². The summed E-state index contributed by atoms with van der Waals surface area (Å²) in [5.41, 5.74) is 5.79. The number of rotatable bonds is 6. The third-order valence-electron chi connectivity index (χ3n) is 3.78. The van der Waals surface area contributed by atoms with Crippen LogP contribution in [0, 0.1) is 0 Å². The normalized spacial score (nSPS) is 16.4. The monoisotopic (exact) mass is 344 g/mol. The fourth-order valence-corrected chi connectivity index (χ4v) is 2.58. The molecule has 1 aromatic carbocycles. The van der Waals surface area contributed by atoms with Crippen molar-refractivity contribution < 1.29 is 19.0 Å². The zero-order valence-corrected chi connectivity index (χ0v) is 14.4. The fourth-order valence-electron chi connectivity index (χ4n) is 2.58. The van der Waals surface area contributed by atoms with E-state index in [0.29, 0.717) is 13.1 Å². The van der Waals surface area contributed by atoms with Crippen molar-refractivity contribution >= 4 is 18.3 Å². The Labute approximate surface area is 143 Å². The largest absolute Gasteiger partial charge is 0.493 e. The molecular weight excluding hydrogens is 320 g/mol. The number of carbonyl (C=O) groups excluding carboxylic acids is 1. The third kappa shape index (κ3) is 5.27. The van der Waals surface area contributed by atoms with Crippen LogP contribution in [-0.2, 0) is 9.53 Å². The van der Waals surface area contributed by atoms with Crippen LogP contribution in [0.5, 0.6) is 11.5 Å². The van der Waals surface area contributed by atoms with Gasteiger partial charge in [0.1, 0.15) is 12.1 Å². The van der Waals surface area contributed by atoms with Gasteiger partial charge in [-0.25, -0.2) is 0 Å². The second-order valence-corrected chi connectivity index (χ2v) is 5.36. The average Bonchev–Trinajstić information content (AvgIpc) is 2.55. The Hall–Kier alpha value is -1.50. The SMILES string of the molecule is COC[C@@H](N)C(=O)N1CCC(Oc2ccccc2OC)CC1.Cl. The number of methoxy groups -OCH3 is 2. The standard InChI is InChI=1S/C16H24N2O4.ClH/c1-20-11-13(17)16(19)18-9-7-12(8-10-18)22-15-6-4-3-5-14(15)21-2;/h3-6,12-13H,7-11,17H2,1-2H3;1H/t13-;/m1./s1. The van der Waals surface area contributed by atoms with Crippen LogP contribution in [0.15, 0.2) is 24.3 Å². The molecule has 6 nitrogen and oxygen atoms in total. The lowest BCUT2D eigenvalue weighted by Crippen LogP contribution is -2.50. The van der Waals surface area contributed by atoms with E-state index >= 15 is 0 Å². The predicted molar refractivity (Wildman–Crippen MR) is 90.3 cm³/mol. The van der Waals surface area contributed by atoms with E-state index in [0.717, 1.165) is 24.3 Å². The van der Waals surface area contributed by atoms with Gasteiger partial charge in [0.05, 0.1) is 13.7 Å².